The van der Waals surface area contributed by atoms with Crippen LogP contribution in [0.4, 0.5) is 0 Å². The van der Waals surface area contributed by atoms with Crippen LogP contribution < -0.4 is 5.32 Å². The third kappa shape index (κ3) is 5.70. The molecule has 1 atom stereocenters. The molecular weight excluding hydrogens is 246 g/mol. The quantitative estimate of drug-likeness (QED) is 0.812. The summed E-state index contributed by atoms with van der Waals surface area (Å²) in [5, 5.41) is 3.34. The molecule has 0 radical (unpaired) electrons. The topological polar surface area (TPSA) is 46.2 Å². The average molecular weight is 277 g/mol. The van der Waals surface area contributed by atoms with Crippen molar-refractivity contribution in [2.75, 3.05) is 18.8 Å². The van der Waals surface area contributed by atoms with E-state index in [0.29, 0.717) is 5.92 Å². The van der Waals surface area contributed by atoms with E-state index in [1.807, 2.05) is 0 Å². The fourth-order valence-electron chi connectivity index (χ4n) is 1.76. The molecule has 0 heterocycles. The maximum absolute atomic E-state index is 12.1. The Balaban J connectivity index is 4.64. The van der Waals surface area contributed by atoms with E-state index in [-0.39, 0.29) is 11.2 Å². The van der Waals surface area contributed by atoms with Gasteiger partial charge in [0.1, 0.15) is 0 Å². The summed E-state index contributed by atoms with van der Waals surface area (Å²) < 4.78 is 23.6. The van der Waals surface area contributed by atoms with Gasteiger partial charge in [-0.2, -0.15) is 0 Å². The SMILES string of the molecule is CCNCC(CCS(=O)(=O)C(C)(C)C)C(C)(C)C. The molecule has 0 fully saturated rings. The number of hydrogen-bond donors (Lipinski definition) is 1. The van der Waals surface area contributed by atoms with Gasteiger partial charge in [-0.05, 0) is 51.6 Å². The van der Waals surface area contributed by atoms with Gasteiger partial charge in [0, 0.05) is 0 Å². The summed E-state index contributed by atoms with van der Waals surface area (Å²) in [4.78, 5) is 0. The van der Waals surface area contributed by atoms with Crippen molar-refractivity contribution >= 4 is 9.84 Å². The van der Waals surface area contributed by atoms with Gasteiger partial charge in [0.25, 0.3) is 0 Å². The summed E-state index contributed by atoms with van der Waals surface area (Å²) in [5.74, 6) is 0.665. The van der Waals surface area contributed by atoms with Crippen LogP contribution in [0.3, 0.4) is 0 Å². The molecule has 0 saturated carbocycles. The number of hydrogen-bond acceptors (Lipinski definition) is 3. The third-order valence-electron chi connectivity index (χ3n) is 3.53. The van der Waals surface area contributed by atoms with E-state index in [9.17, 15) is 8.42 Å². The summed E-state index contributed by atoms with van der Waals surface area (Å²) in [6.45, 7) is 15.8. The second-order valence-corrected chi connectivity index (χ2v) is 9.95. The summed E-state index contributed by atoms with van der Waals surface area (Å²) in [7, 11) is -3.01. The van der Waals surface area contributed by atoms with E-state index in [1.54, 1.807) is 20.8 Å². The molecule has 0 bridgehead atoms. The first-order valence-electron chi connectivity index (χ1n) is 6.85. The van der Waals surface area contributed by atoms with Crippen LogP contribution in [0.25, 0.3) is 0 Å². The van der Waals surface area contributed by atoms with Gasteiger partial charge < -0.3 is 5.32 Å². The van der Waals surface area contributed by atoms with Crippen LogP contribution in [0.5, 0.6) is 0 Å². The molecule has 0 amide bonds. The zero-order chi connectivity index (χ0) is 14.6. The zero-order valence-electron chi connectivity index (χ0n) is 13.1. The molecule has 0 saturated heterocycles. The van der Waals surface area contributed by atoms with Crippen molar-refractivity contribution in [1.82, 2.24) is 5.32 Å². The summed E-state index contributed by atoms with van der Waals surface area (Å²) in [6, 6.07) is 0. The molecule has 0 aliphatic heterocycles. The van der Waals surface area contributed by atoms with Crippen molar-refractivity contribution in [3.63, 3.8) is 0 Å². The van der Waals surface area contributed by atoms with E-state index in [4.69, 9.17) is 0 Å². The molecule has 3 nitrogen and oxygen atoms in total. The first kappa shape index (κ1) is 17.9. The van der Waals surface area contributed by atoms with Gasteiger partial charge in [0.2, 0.25) is 0 Å². The highest BCUT2D eigenvalue weighted by Crippen LogP contribution is 2.30. The minimum Gasteiger partial charge on any atom is -0.317 e. The fraction of sp³-hybridized carbons (Fsp3) is 1.00. The van der Waals surface area contributed by atoms with Crippen LogP contribution in [0.1, 0.15) is 54.9 Å². The van der Waals surface area contributed by atoms with Gasteiger partial charge in [-0.3, -0.25) is 0 Å². The lowest BCUT2D eigenvalue weighted by molar-refractivity contribution is 0.227. The Morgan fingerprint density at radius 1 is 1.06 bits per heavy atom. The Hall–Kier alpha value is -0.0900. The molecule has 18 heavy (non-hydrogen) atoms. The van der Waals surface area contributed by atoms with Crippen molar-refractivity contribution in [3.8, 4) is 0 Å². The molecule has 0 aromatic rings. The average Bonchev–Trinajstić information content (AvgIpc) is 2.13. The fourth-order valence-corrected chi connectivity index (χ4v) is 2.97. The second kappa shape index (κ2) is 6.38. The van der Waals surface area contributed by atoms with Crippen molar-refractivity contribution < 1.29 is 8.42 Å². The van der Waals surface area contributed by atoms with E-state index >= 15 is 0 Å². The number of rotatable bonds is 6. The molecule has 0 rings (SSSR count). The van der Waals surface area contributed by atoms with Crippen LogP contribution in [0.2, 0.25) is 0 Å². The van der Waals surface area contributed by atoms with E-state index in [0.717, 1.165) is 19.5 Å². The molecule has 0 aliphatic carbocycles. The second-order valence-electron chi connectivity index (χ2n) is 7.09. The molecule has 0 aromatic heterocycles. The van der Waals surface area contributed by atoms with E-state index in [1.165, 1.54) is 0 Å². The first-order valence-corrected chi connectivity index (χ1v) is 8.50. The Bertz CT molecular complexity index is 334. The van der Waals surface area contributed by atoms with E-state index in [2.05, 4.69) is 33.0 Å². The Morgan fingerprint density at radius 3 is 1.89 bits per heavy atom. The molecule has 4 heteroatoms. The maximum atomic E-state index is 12.1. The minimum atomic E-state index is -3.01. The molecule has 0 aromatic carbocycles. The largest absolute Gasteiger partial charge is 0.317 e. The lowest BCUT2D eigenvalue weighted by Crippen LogP contribution is -2.36. The van der Waals surface area contributed by atoms with Crippen LogP contribution in [-0.4, -0.2) is 32.0 Å². The summed E-state index contributed by atoms with van der Waals surface area (Å²) in [5.41, 5.74) is 0.134. The van der Waals surface area contributed by atoms with Crippen LogP contribution >= 0.6 is 0 Å². The van der Waals surface area contributed by atoms with Crippen LogP contribution in [0, 0.1) is 11.3 Å². The highest BCUT2D eigenvalue weighted by Gasteiger charge is 2.31. The number of nitrogens with one attached hydrogen (secondary N) is 1. The van der Waals surface area contributed by atoms with Gasteiger partial charge in [0.15, 0.2) is 9.84 Å². The Labute approximate surface area is 114 Å². The third-order valence-corrected chi connectivity index (χ3v) is 6.17. The molecular formula is C14H31NO2S. The van der Waals surface area contributed by atoms with Crippen molar-refractivity contribution in [2.45, 2.75) is 59.6 Å². The van der Waals surface area contributed by atoms with Gasteiger partial charge in [-0.1, -0.05) is 27.7 Å². The number of sulfone groups is 1. The molecule has 0 spiro atoms. The van der Waals surface area contributed by atoms with Crippen molar-refractivity contribution in [3.05, 3.63) is 0 Å². The summed E-state index contributed by atoms with van der Waals surface area (Å²) in [6.07, 6.45) is 0.732. The van der Waals surface area contributed by atoms with Crippen molar-refractivity contribution in [1.29, 1.82) is 0 Å². The Morgan fingerprint density at radius 2 is 1.56 bits per heavy atom. The highest BCUT2D eigenvalue weighted by molar-refractivity contribution is 7.92. The molecule has 1 unspecified atom stereocenters. The van der Waals surface area contributed by atoms with Gasteiger partial charge in [0.05, 0.1) is 10.5 Å². The smallest absolute Gasteiger partial charge is 0.155 e. The first-order chi connectivity index (χ1) is 7.92. The Kier molecular flexibility index (Phi) is 6.34. The van der Waals surface area contributed by atoms with Gasteiger partial charge >= 0.3 is 0 Å². The van der Waals surface area contributed by atoms with Crippen LogP contribution in [-0.2, 0) is 9.84 Å². The van der Waals surface area contributed by atoms with E-state index < -0.39 is 14.6 Å². The highest BCUT2D eigenvalue weighted by atomic mass is 32.2. The normalized spacial score (nSPS) is 15.7. The lowest BCUT2D eigenvalue weighted by atomic mass is 9.79. The predicted molar refractivity (Wildman–Crippen MR) is 79.6 cm³/mol. The monoisotopic (exact) mass is 277 g/mol. The standard InChI is InChI=1S/C14H31NO2S/c1-8-15-11-12(13(2,3)4)9-10-18(16,17)14(5,6)7/h12,15H,8-11H2,1-7H3. The molecule has 1 N–H and O–H groups in total. The lowest BCUT2D eigenvalue weighted by Gasteiger charge is -2.32. The van der Waals surface area contributed by atoms with Gasteiger partial charge in [-0.15, -0.1) is 0 Å². The van der Waals surface area contributed by atoms with Crippen molar-refractivity contribution in [2.24, 2.45) is 11.3 Å². The summed E-state index contributed by atoms with van der Waals surface area (Å²) >= 11 is 0. The van der Waals surface area contributed by atoms with Gasteiger partial charge in [-0.25, -0.2) is 8.42 Å². The zero-order valence-corrected chi connectivity index (χ0v) is 13.9. The maximum Gasteiger partial charge on any atom is 0.155 e. The predicted octanol–water partition coefficient (Wildman–Crippen LogP) is 2.86. The van der Waals surface area contributed by atoms with Crippen LogP contribution in [0.15, 0.2) is 0 Å². The molecule has 110 valence electrons. The molecule has 0 aliphatic rings. The minimum absolute atomic E-state index is 0.134.